The van der Waals surface area contributed by atoms with Gasteiger partial charge in [0.2, 0.25) is 0 Å². The second kappa shape index (κ2) is 5.21. The van der Waals surface area contributed by atoms with Crippen molar-refractivity contribution in [3.05, 3.63) is 23.8 Å². The van der Waals surface area contributed by atoms with E-state index in [9.17, 15) is 4.79 Å². The number of hydrogen-bond acceptors (Lipinski definition) is 4. The SMILES string of the molecule is COCCOc1cc(N)cc(C(=O)O)c1. The van der Waals surface area contributed by atoms with Gasteiger partial charge in [-0.3, -0.25) is 0 Å². The van der Waals surface area contributed by atoms with E-state index in [1.807, 2.05) is 0 Å². The molecule has 0 amide bonds. The Balaban J connectivity index is 2.75. The van der Waals surface area contributed by atoms with Crippen LogP contribution in [0.2, 0.25) is 0 Å². The minimum Gasteiger partial charge on any atom is -0.491 e. The molecule has 1 aromatic rings. The lowest BCUT2D eigenvalue weighted by molar-refractivity contribution is 0.0696. The maximum Gasteiger partial charge on any atom is 0.335 e. The number of hydrogen-bond donors (Lipinski definition) is 2. The second-order valence-electron chi connectivity index (χ2n) is 2.94. The molecule has 1 aromatic carbocycles. The number of rotatable bonds is 5. The zero-order valence-corrected chi connectivity index (χ0v) is 8.40. The number of carboxylic acids is 1. The molecule has 82 valence electrons. The van der Waals surface area contributed by atoms with Crippen molar-refractivity contribution in [2.75, 3.05) is 26.1 Å². The number of carbonyl (C=O) groups is 1. The summed E-state index contributed by atoms with van der Waals surface area (Å²) in [5.74, 6) is -0.594. The van der Waals surface area contributed by atoms with Crippen molar-refractivity contribution < 1.29 is 19.4 Å². The van der Waals surface area contributed by atoms with Crippen LogP contribution in [0.3, 0.4) is 0 Å². The molecule has 5 nitrogen and oxygen atoms in total. The topological polar surface area (TPSA) is 81.8 Å². The zero-order chi connectivity index (χ0) is 11.3. The molecule has 0 aliphatic carbocycles. The van der Waals surface area contributed by atoms with E-state index >= 15 is 0 Å². The molecule has 0 spiro atoms. The lowest BCUT2D eigenvalue weighted by Crippen LogP contribution is -2.06. The summed E-state index contributed by atoms with van der Waals surface area (Å²) in [5.41, 5.74) is 6.00. The van der Waals surface area contributed by atoms with Crippen molar-refractivity contribution in [1.29, 1.82) is 0 Å². The van der Waals surface area contributed by atoms with E-state index in [1.165, 1.54) is 12.1 Å². The van der Waals surface area contributed by atoms with Gasteiger partial charge < -0.3 is 20.3 Å². The molecule has 0 bridgehead atoms. The van der Waals surface area contributed by atoms with Crippen LogP contribution in [0.5, 0.6) is 5.75 Å². The first-order chi connectivity index (χ1) is 7.13. The van der Waals surface area contributed by atoms with Crippen LogP contribution in [0.4, 0.5) is 5.69 Å². The third-order valence-corrected chi connectivity index (χ3v) is 1.73. The van der Waals surface area contributed by atoms with E-state index in [2.05, 4.69) is 0 Å². The standard InChI is InChI=1S/C10H13NO4/c1-14-2-3-15-9-5-7(10(12)13)4-8(11)6-9/h4-6H,2-3,11H2,1H3,(H,12,13). The average Bonchev–Trinajstić information content (AvgIpc) is 2.17. The van der Waals surface area contributed by atoms with Crippen LogP contribution in [0.1, 0.15) is 10.4 Å². The van der Waals surface area contributed by atoms with Crippen LogP contribution in [0.15, 0.2) is 18.2 Å². The Bertz CT molecular complexity index is 351. The predicted octanol–water partition coefficient (Wildman–Crippen LogP) is 0.992. The highest BCUT2D eigenvalue weighted by atomic mass is 16.5. The molecule has 0 saturated carbocycles. The van der Waals surface area contributed by atoms with Gasteiger partial charge in [-0.25, -0.2) is 4.79 Å². The summed E-state index contributed by atoms with van der Waals surface area (Å²) in [6, 6.07) is 4.38. The van der Waals surface area contributed by atoms with E-state index in [4.69, 9.17) is 20.3 Å². The maximum absolute atomic E-state index is 10.7. The average molecular weight is 211 g/mol. The minimum atomic E-state index is -1.03. The first kappa shape index (κ1) is 11.3. The van der Waals surface area contributed by atoms with Crippen molar-refractivity contribution in [1.82, 2.24) is 0 Å². The molecule has 5 heteroatoms. The van der Waals surface area contributed by atoms with E-state index < -0.39 is 5.97 Å². The number of nitrogen functional groups attached to an aromatic ring is 1. The van der Waals surface area contributed by atoms with Gasteiger partial charge in [-0.05, 0) is 12.1 Å². The summed E-state index contributed by atoms with van der Waals surface area (Å²) in [6.45, 7) is 0.802. The molecule has 0 aromatic heterocycles. The number of nitrogens with two attached hydrogens (primary N) is 1. The fourth-order valence-corrected chi connectivity index (χ4v) is 1.07. The van der Waals surface area contributed by atoms with Crippen LogP contribution in [-0.2, 0) is 4.74 Å². The third-order valence-electron chi connectivity index (χ3n) is 1.73. The zero-order valence-electron chi connectivity index (χ0n) is 8.40. The first-order valence-corrected chi connectivity index (χ1v) is 4.39. The van der Waals surface area contributed by atoms with Crippen LogP contribution in [0, 0.1) is 0 Å². The number of anilines is 1. The van der Waals surface area contributed by atoms with Crippen LogP contribution in [0.25, 0.3) is 0 Å². The highest BCUT2D eigenvalue weighted by molar-refractivity contribution is 5.89. The van der Waals surface area contributed by atoms with Gasteiger partial charge in [0.25, 0.3) is 0 Å². The first-order valence-electron chi connectivity index (χ1n) is 4.39. The molecule has 0 atom stereocenters. The monoisotopic (exact) mass is 211 g/mol. The third kappa shape index (κ3) is 3.47. The second-order valence-corrected chi connectivity index (χ2v) is 2.94. The van der Waals surface area contributed by atoms with Crippen LogP contribution < -0.4 is 10.5 Å². The molecule has 0 heterocycles. The molecule has 0 radical (unpaired) electrons. The molecular weight excluding hydrogens is 198 g/mol. The van der Waals surface area contributed by atoms with E-state index in [0.29, 0.717) is 24.7 Å². The number of methoxy groups -OCH3 is 1. The number of benzene rings is 1. The van der Waals surface area contributed by atoms with Crippen molar-refractivity contribution >= 4 is 11.7 Å². The molecule has 0 fully saturated rings. The van der Waals surface area contributed by atoms with Gasteiger partial charge in [-0.15, -0.1) is 0 Å². The number of aromatic carboxylic acids is 1. The Morgan fingerprint density at radius 3 is 2.73 bits per heavy atom. The lowest BCUT2D eigenvalue weighted by atomic mass is 10.2. The molecular formula is C10H13NO4. The Morgan fingerprint density at radius 2 is 2.13 bits per heavy atom. The quantitative estimate of drug-likeness (QED) is 0.560. The smallest absolute Gasteiger partial charge is 0.335 e. The minimum absolute atomic E-state index is 0.113. The highest BCUT2D eigenvalue weighted by Gasteiger charge is 2.06. The molecule has 0 saturated heterocycles. The summed E-state index contributed by atoms with van der Waals surface area (Å²) in [4.78, 5) is 10.7. The summed E-state index contributed by atoms with van der Waals surface area (Å²) in [6.07, 6.45) is 0. The molecule has 0 aliphatic heterocycles. The Morgan fingerprint density at radius 1 is 1.40 bits per heavy atom. The lowest BCUT2D eigenvalue weighted by Gasteiger charge is -2.07. The van der Waals surface area contributed by atoms with E-state index in [-0.39, 0.29) is 5.56 Å². The summed E-state index contributed by atoms with van der Waals surface area (Å²) in [7, 11) is 1.56. The normalized spacial score (nSPS) is 9.93. The van der Waals surface area contributed by atoms with Crippen LogP contribution in [-0.4, -0.2) is 31.4 Å². The van der Waals surface area contributed by atoms with Gasteiger partial charge in [-0.2, -0.15) is 0 Å². The fourth-order valence-electron chi connectivity index (χ4n) is 1.07. The van der Waals surface area contributed by atoms with Gasteiger partial charge in [0, 0.05) is 18.9 Å². The maximum atomic E-state index is 10.7. The molecule has 0 aliphatic rings. The van der Waals surface area contributed by atoms with Crippen molar-refractivity contribution in [2.24, 2.45) is 0 Å². The van der Waals surface area contributed by atoms with Gasteiger partial charge in [0.15, 0.2) is 0 Å². The predicted molar refractivity (Wildman–Crippen MR) is 55.2 cm³/mol. The fraction of sp³-hybridized carbons (Fsp3) is 0.300. The molecule has 1 rings (SSSR count). The van der Waals surface area contributed by atoms with Gasteiger partial charge in [0.05, 0.1) is 12.2 Å². The van der Waals surface area contributed by atoms with Gasteiger partial charge in [0.1, 0.15) is 12.4 Å². The Hall–Kier alpha value is -1.75. The van der Waals surface area contributed by atoms with Gasteiger partial charge in [-0.1, -0.05) is 0 Å². The van der Waals surface area contributed by atoms with Gasteiger partial charge >= 0.3 is 5.97 Å². The number of ether oxygens (including phenoxy) is 2. The molecule has 0 unspecified atom stereocenters. The van der Waals surface area contributed by atoms with E-state index in [0.717, 1.165) is 0 Å². The summed E-state index contributed by atoms with van der Waals surface area (Å²) in [5, 5.41) is 8.77. The van der Waals surface area contributed by atoms with Crippen LogP contribution >= 0.6 is 0 Å². The van der Waals surface area contributed by atoms with Crippen molar-refractivity contribution in [3.63, 3.8) is 0 Å². The van der Waals surface area contributed by atoms with E-state index in [1.54, 1.807) is 13.2 Å². The van der Waals surface area contributed by atoms with Crippen molar-refractivity contribution in [3.8, 4) is 5.75 Å². The summed E-state index contributed by atoms with van der Waals surface area (Å²) >= 11 is 0. The van der Waals surface area contributed by atoms with Crippen molar-refractivity contribution in [2.45, 2.75) is 0 Å². The largest absolute Gasteiger partial charge is 0.491 e. The Kier molecular flexibility index (Phi) is 3.93. The molecule has 3 N–H and O–H groups in total. The molecule has 15 heavy (non-hydrogen) atoms. The Labute approximate surface area is 87.4 Å². The highest BCUT2D eigenvalue weighted by Crippen LogP contribution is 2.18. The number of carboxylic acid groups (broad SMARTS) is 1. The summed E-state index contributed by atoms with van der Waals surface area (Å²) < 4.78 is 10.0.